The summed E-state index contributed by atoms with van der Waals surface area (Å²) < 4.78 is 40.6. The van der Waals surface area contributed by atoms with E-state index in [4.69, 9.17) is 28.9 Å². The molecule has 2 N–H and O–H groups in total. The van der Waals surface area contributed by atoms with Gasteiger partial charge in [-0.1, -0.05) is 29.3 Å². The standard InChI is InChI=1S/C17H21Cl2FN4O2S.ClH/c1-11-14(17(19)24(22-11)10-13(20)6-7-21)8-12-4-5-16(15(18)9-12)27(25,26)23(2)3;/h4-6,9H,7-8,10,21H2,1-3H3;1H. The third-order valence-electron chi connectivity index (χ3n) is 3.96. The Morgan fingerprint density at radius 1 is 1.36 bits per heavy atom. The Labute approximate surface area is 180 Å². The summed E-state index contributed by atoms with van der Waals surface area (Å²) >= 11 is 12.5. The third-order valence-corrected chi connectivity index (χ3v) is 6.68. The second kappa shape index (κ2) is 10.0. The van der Waals surface area contributed by atoms with Crippen molar-refractivity contribution in [2.24, 2.45) is 5.73 Å². The number of halogens is 4. The maximum absolute atomic E-state index is 13.7. The van der Waals surface area contributed by atoms with Crippen LogP contribution in [-0.2, 0) is 23.0 Å². The Bertz CT molecular complexity index is 975. The first-order chi connectivity index (χ1) is 12.6. The number of aromatic nitrogens is 2. The SMILES string of the molecule is Cc1nn(CC(F)=CCN)c(Cl)c1Cc1ccc(S(=O)(=O)N(C)C)c(Cl)c1.Cl. The Kier molecular flexibility index (Phi) is 8.92. The topological polar surface area (TPSA) is 81.2 Å². The molecule has 0 unspecified atom stereocenters. The molecule has 0 fully saturated rings. The van der Waals surface area contributed by atoms with E-state index < -0.39 is 15.9 Å². The van der Waals surface area contributed by atoms with E-state index in [0.717, 1.165) is 15.4 Å². The van der Waals surface area contributed by atoms with E-state index in [0.29, 0.717) is 17.3 Å². The zero-order chi connectivity index (χ0) is 20.4. The highest BCUT2D eigenvalue weighted by Crippen LogP contribution is 2.28. The molecule has 1 aromatic carbocycles. The molecule has 0 aliphatic rings. The molecule has 0 aliphatic heterocycles. The fourth-order valence-corrected chi connectivity index (χ4v) is 4.23. The van der Waals surface area contributed by atoms with Crippen LogP contribution in [0.4, 0.5) is 4.39 Å². The second-order valence-corrected chi connectivity index (χ2v) is 9.01. The molecule has 0 atom stereocenters. The number of nitrogens with two attached hydrogens (primary N) is 1. The maximum Gasteiger partial charge on any atom is 0.244 e. The summed E-state index contributed by atoms with van der Waals surface area (Å²) in [5, 5.41) is 4.70. The molecule has 0 spiro atoms. The zero-order valence-electron chi connectivity index (χ0n) is 15.6. The summed E-state index contributed by atoms with van der Waals surface area (Å²) in [4.78, 5) is 0.0328. The van der Waals surface area contributed by atoms with Crippen LogP contribution < -0.4 is 5.73 Å². The lowest BCUT2D eigenvalue weighted by molar-refractivity contribution is 0.520. The Balaban J connectivity index is 0.00000392. The van der Waals surface area contributed by atoms with Crippen molar-refractivity contribution < 1.29 is 12.8 Å². The van der Waals surface area contributed by atoms with Crippen molar-refractivity contribution in [1.82, 2.24) is 14.1 Å². The Hall–Kier alpha value is -1.16. The van der Waals surface area contributed by atoms with Crippen LogP contribution in [0.3, 0.4) is 0 Å². The van der Waals surface area contributed by atoms with Crippen LogP contribution in [0.2, 0.25) is 10.2 Å². The molecule has 0 saturated heterocycles. The molecule has 6 nitrogen and oxygen atoms in total. The van der Waals surface area contributed by atoms with Gasteiger partial charge in [-0.05, 0) is 30.7 Å². The van der Waals surface area contributed by atoms with Crippen LogP contribution in [0.15, 0.2) is 35.0 Å². The highest BCUT2D eigenvalue weighted by Gasteiger charge is 2.21. The molecule has 2 aromatic rings. The molecule has 0 aliphatic carbocycles. The third kappa shape index (κ3) is 5.46. The lowest BCUT2D eigenvalue weighted by Gasteiger charge is -2.13. The van der Waals surface area contributed by atoms with Crippen molar-refractivity contribution in [2.45, 2.75) is 24.8 Å². The molecule has 0 radical (unpaired) electrons. The molecule has 0 amide bonds. The normalized spacial score (nSPS) is 12.4. The van der Waals surface area contributed by atoms with E-state index in [1.807, 2.05) is 0 Å². The van der Waals surface area contributed by atoms with Gasteiger partial charge in [0.15, 0.2) is 0 Å². The van der Waals surface area contributed by atoms with Gasteiger partial charge in [0.05, 0.1) is 17.3 Å². The predicted molar refractivity (Wildman–Crippen MR) is 113 cm³/mol. The van der Waals surface area contributed by atoms with Crippen LogP contribution in [0.5, 0.6) is 0 Å². The van der Waals surface area contributed by atoms with Crippen LogP contribution in [0, 0.1) is 6.92 Å². The van der Waals surface area contributed by atoms with Crippen molar-refractivity contribution in [3.63, 3.8) is 0 Å². The fraction of sp³-hybridized carbons (Fsp3) is 0.353. The lowest BCUT2D eigenvalue weighted by atomic mass is 10.1. The van der Waals surface area contributed by atoms with E-state index >= 15 is 0 Å². The van der Waals surface area contributed by atoms with Crippen molar-refractivity contribution in [3.8, 4) is 0 Å². The molecule has 1 aromatic heterocycles. The average Bonchev–Trinajstić information content (AvgIpc) is 2.82. The van der Waals surface area contributed by atoms with Gasteiger partial charge in [-0.15, -0.1) is 12.4 Å². The van der Waals surface area contributed by atoms with Gasteiger partial charge >= 0.3 is 0 Å². The fourth-order valence-electron chi connectivity index (χ4n) is 2.50. The number of allylic oxidation sites excluding steroid dienone is 1. The molecule has 0 saturated carbocycles. The number of rotatable bonds is 7. The van der Waals surface area contributed by atoms with Gasteiger partial charge < -0.3 is 5.73 Å². The van der Waals surface area contributed by atoms with Crippen molar-refractivity contribution in [3.05, 3.63) is 57.1 Å². The summed E-state index contributed by atoms with van der Waals surface area (Å²) in [7, 11) is -0.748. The van der Waals surface area contributed by atoms with Crippen molar-refractivity contribution in [2.75, 3.05) is 20.6 Å². The molecule has 28 heavy (non-hydrogen) atoms. The molecule has 0 bridgehead atoms. The number of hydrogen-bond acceptors (Lipinski definition) is 4. The summed E-state index contributed by atoms with van der Waals surface area (Å²) in [6, 6.07) is 4.72. The van der Waals surface area contributed by atoms with E-state index in [1.54, 1.807) is 19.1 Å². The minimum Gasteiger partial charge on any atom is -0.327 e. The van der Waals surface area contributed by atoms with E-state index in [2.05, 4.69) is 5.10 Å². The van der Waals surface area contributed by atoms with Crippen molar-refractivity contribution in [1.29, 1.82) is 0 Å². The van der Waals surface area contributed by atoms with Gasteiger partial charge in [0.25, 0.3) is 0 Å². The second-order valence-electron chi connectivity index (χ2n) is 6.13. The smallest absolute Gasteiger partial charge is 0.244 e. The quantitative estimate of drug-likeness (QED) is 0.669. The van der Waals surface area contributed by atoms with Crippen LogP contribution in [-0.4, -0.2) is 43.1 Å². The van der Waals surface area contributed by atoms with Gasteiger partial charge in [-0.25, -0.2) is 21.8 Å². The summed E-state index contributed by atoms with van der Waals surface area (Å²) in [6.45, 7) is 1.77. The number of hydrogen-bond donors (Lipinski definition) is 1. The number of sulfonamides is 1. The average molecular weight is 472 g/mol. The summed E-state index contributed by atoms with van der Waals surface area (Å²) in [5.74, 6) is -0.422. The minimum absolute atomic E-state index is 0. The van der Waals surface area contributed by atoms with E-state index in [9.17, 15) is 12.8 Å². The molecule has 11 heteroatoms. The zero-order valence-corrected chi connectivity index (χ0v) is 18.8. The Morgan fingerprint density at radius 3 is 2.54 bits per heavy atom. The molecule has 1 heterocycles. The largest absolute Gasteiger partial charge is 0.327 e. The van der Waals surface area contributed by atoms with E-state index in [-0.39, 0.29) is 35.4 Å². The van der Waals surface area contributed by atoms with Gasteiger partial charge in [0, 0.05) is 32.6 Å². The number of aryl methyl sites for hydroxylation is 1. The van der Waals surface area contributed by atoms with Gasteiger partial charge in [0.2, 0.25) is 10.0 Å². The highest BCUT2D eigenvalue weighted by atomic mass is 35.5. The molecular weight excluding hydrogens is 450 g/mol. The van der Waals surface area contributed by atoms with E-state index in [1.165, 1.54) is 30.9 Å². The molecule has 2 rings (SSSR count). The first kappa shape index (κ1) is 24.9. The lowest BCUT2D eigenvalue weighted by Crippen LogP contribution is -2.22. The van der Waals surface area contributed by atoms with Gasteiger partial charge in [0.1, 0.15) is 15.9 Å². The first-order valence-electron chi connectivity index (χ1n) is 8.05. The summed E-state index contributed by atoms with van der Waals surface area (Å²) in [5.41, 5.74) is 7.43. The van der Waals surface area contributed by atoms with Crippen LogP contribution in [0.25, 0.3) is 0 Å². The number of benzene rings is 1. The van der Waals surface area contributed by atoms with Crippen molar-refractivity contribution >= 4 is 45.6 Å². The minimum atomic E-state index is -3.63. The maximum atomic E-state index is 13.7. The monoisotopic (exact) mass is 470 g/mol. The summed E-state index contributed by atoms with van der Waals surface area (Å²) in [6.07, 6.45) is 1.64. The first-order valence-corrected chi connectivity index (χ1v) is 10.2. The van der Waals surface area contributed by atoms with Gasteiger partial charge in [-0.2, -0.15) is 5.10 Å². The Morgan fingerprint density at radius 2 is 2.00 bits per heavy atom. The highest BCUT2D eigenvalue weighted by molar-refractivity contribution is 7.89. The predicted octanol–water partition coefficient (Wildman–Crippen LogP) is 3.57. The van der Waals surface area contributed by atoms with Crippen LogP contribution in [0.1, 0.15) is 16.8 Å². The molecule has 156 valence electrons. The van der Waals surface area contributed by atoms with Crippen LogP contribution >= 0.6 is 35.6 Å². The number of nitrogens with zero attached hydrogens (tertiary/aromatic N) is 3. The molecular formula is C17H22Cl3FN4O2S. The van der Waals surface area contributed by atoms with Gasteiger partial charge in [-0.3, -0.25) is 0 Å².